The van der Waals surface area contributed by atoms with Crippen LogP contribution >= 0.6 is 0 Å². The van der Waals surface area contributed by atoms with Gasteiger partial charge in [0, 0.05) is 13.0 Å². The van der Waals surface area contributed by atoms with Gasteiger partial charge in [0.2, 0.25) is 5.91 Å². The maximum Gasteiger partial charge on any atom is 0.221 e. The smallest absolute Gasteiger partial charge is 0.221 e. The molecule has 0 unspecified atom stereocenters. The minimum Gasteiger partial charge on any atom is -0.356 e. The van der Waals surface area contributed by atoms with Crippen molar-refractivity contribution in [3.63, 3.8) is 0 Å². The molecular formula is C8H14N2O. The van der Waals surface area contributed by atoms with Gasteiger partial charge >= 0.3 is 0 Å². The van der Waals surface area contributed by atoms with Crippen molar-refractivity contribution in [2.45, 2.75) is 27.2 Å². The lowest BCUT2D eigenvalue weighted by Gasteiger charge is -2.13. The van der Waals surface area contributed by atoms with Gasteiger partial charge in [-0.3, -0.25) is 4.79 Å². The quantitative estimate of drug-likeness (QED) is 0.660. The van der Waals surface area contributed by atoms with Crippen molar-refractivity contribution in [2.75, 3.05) is 6.54 Å². The number of rotatable bonds is 3. The second-order valence-corrected chi connectivity index (χ2v) is 3.13. The average Bonchev–Trinajstić information content (AvgIpc) is 1.87. The third kappa shape index (κ3) is 4.38. The summed E-state index contributed by atoms with van der Waals surface area (Å²) in [4.78, 5) is 11.0. The van der Waals surface area contributed by atoms with E-state index in [-0.39, 0.29) is 12.3 Å². The molecule has 0 heterocycles. The molecule has 3 heteroatoms. The molecule has 0 bridgehead atoms. The van der Waals surface area contributed by atoms with Gasteiger partial charge in [-0.05, 0) is 20.8 Å². The Kier molecular flexibility index (Phi) is 3.59. The number of hydrogen-bond acceptors (Lipinski definition) is 2. The van der Waals surface area contributed by atoms with Crippen LogP contribution in [-0.2, 0) is 4.79 Å². The van der Waals surface area contributed by atoms with Crippen molar-refractivity contribution in [3.05, 3.63) is 0 Å². The number of carbonyl (C=O) groups is 1. The van der Waals surface area contributed by atoms with Gasteiger partial charge in [-0.1, -0.05) is 0 Å². The highest BCUT2D eigenvalue weighted by molar-refractivity contribution is 5.76. The van der Waals surface area contributed by atoms with E-state index >= 15 is 0 Å². The lowest BCUT2D eigenvalue weighted by molar-refractivity contribution is -0.122. The number of nitrogens with one attached hydrogen (secondary N) is 1. The van der Waals surface area contributed by atoms with Crippen LogP contribution in [0.5, 0.6) is 0 Å². The van der Waals surface area contributed by atoms with Crippen molar-refractivity contribution in [3.8, 4) is 6.07 Å². The summed E-state index contributed by atoms with van der Waals surface area (Å²) in [6, 6.07) is 2.07. The normalized spacial score (nSPS) is 10.4. The van der Waals surface area contributed by atoms with Crippen molar-refractivity contribution in [1.82, 2.24) is 5.32 Å². The fraction of sp³-hybridized carbons (Fsp3) is 0.750. The van der Waals surface area contributed by atoms with E-state index < -0.39 is 5.41 Å². The Morgan fingerprint density at radius 1 is 1.64 bits per heavy atom. The van der Waals surface area contributed by atoms with Crippen molar-refractivity contribution < 1.29 is 4.79 Å². The molecule has 0 rings (SSSR count). The molecule has 0 fully saturated rings. The van der Waals surface area contributed by atoms with Crippen LogP contribution in [-0.4, -0.2) is 12.5 Å². The van der Waals surface area contributed by atoms with Crippen molar-refractivity contribution in [2.24, 2.45) is 5.41 Å². The van der Waals surface area contributed by atoms with Crippen LogP contribution in [0.3, 0.4) is 0 Å². The highest BCUT2D eigenvalue weighted by atomic mass is 16.1. The van der Waals surface area contributed by atoms with Crippen LogP contribution in [0.4, 0.5) is 0 Å². The van der Waals surface area contributed by atoms with Gasteiger partial charge in [0.05, 0.1) is 11.5 Å². The lowest BCUT2D eigenvalue weighted by Crippen LogP contribution is -2.27. The summed E-state index contributed by atoms with van der Waals surface area (Å²) in [6.45, 7) is 5.99. The Morgan fingerprint density at radius 3 is 2.55 bits per heavy atom. The SMILES string of the molecule is CCNC(=O)CC(C)(C)C#N. The molecule has 0 spiro atoms. The maximum atomic E-state index is 11.0. The van der Waals surface area contributed by atoms with Crippen LogP contribution in [0, 0.1) is 16.7 Å². The molecule has 62 valence electrons. The standard InChI is InChI=1S/C8H14N2O/c1-4-10-7(11)5-8(2,3)6-9/h4-5H2,1-3H3,(H,10,11). The van der Waals surface area contributed by atoms with Crippen LogP contribution in [0.15, 0.2) is 0 Å². The van der Waals surface area contributed by atoms with E-state index in [0.717, 1.165) is 0 Å². The van der Waals surface area contributed by atoms with Gasteiger partial charge in [-0.15, -0.1) is 0 Å². The van der Waals surface area contributed by atoms with Gasteiger partial charge < -0.3 is 5.32 Å². The Morgan fingerprint density at radius 2 is 2.18 bits per heavy atom. The Labute approximate surface area is 67.4 Å². The minimum absolute atomic E-state index is 0.0564. The summed E-state index contributed by atoms with van der Waals surface area (Å²) < 4.78 is 0. The molecule has 11 heavy (non-hydrogen) atoms. The predicted octanol–water partition coefficient (Wildman–Crippen LogP) is 1.06. The molecule has 0 aliphatic heterocycles. The molecular weight excluding hydrogens is 140 g/mol. The summed E-state index contributed by atoms with van der Waals surface area (Å²) >= 11 is 0. The number of carbonyl (C=O) groups excluding carboxylic acids is 1. The third-order valence-corrected chi connectivity index (χ3v) is 1.28. The second-order valence-electron chi connectivity index (χ2n) is 3.13. The molecule has 1 amide bonds. The fourth-order valence-electron chi connectivity index (χ4n) is 0.701. The highest BCUT2D eigenvalue weighted by Gasteiger charge is 2.20. The Balaban J connectivity index is 3.86. The van der Waals surface area contributed by atoms with Gasteiger partial charge in [-0.2, -0.15) is 5.26 Å². The maximum absolute atomic E-state index is 11.0. The van der Waals surface area contributed by atoms with Crippen LogP contribution < -0.4 is 5.32 Å². The summed E-state index contributed by atoms with van der Waals surface area (Å²) in [5, 5.41) is 11.2. The first-order chi connectivity index (χ1) is 5.02. The third-order valence-electron chi connectivity index (χ3n) is 1.28. The Bertz CT molecular complexity index is 179. The number of nitriles is 1. The van der Waals surface area contributed by atoms with Crippen LogP contribution in [0.2, 0.25) is 0 Å². The van der Waals surface area contributed by atoms with E-state index in [1.165, 1.54) is 0 Å². The molecule has 3 nitrogen and oxygen atoms in total. The van der Waals surface area contributed by atoms with Crippen molar-refractivity contribution in [1.29, 1.82) is 5.26 Å². The van der Waals surface area contributed by atoms with E-state index in [0.29, 0.717) is 6.54 Å². The predicted molar refractivity (Wildman–Crippen MR) is 42.7 cm³/mol. The molecule has 0 atom stereocenters. The summed E-state index contributed by atoms with van der Waals surface area (Å²) in [5.74, 6) is -0.0564. The van der Waals surface area contributed by atoms with Gasteiger partial charge in [0.1, 0.15) is 0 Å². The minimum atomic E-state index is -0.542. The topological polar surface area (TPSA) is 52.9 Å². The van der Waals surface area contributed by atoms with Crippen molar-refractivity contribution >= 4 is 5.91 Å². The first kappa shape index (κ1) is 9.96. The second kappa shape index (κ2) is 3.97. The van der Waals surface area contributed by atoms with Gasteiger partial charge in [-0.25, -0.2) is 0 Å². The number of amides is 1. The van der Waals surface area contributed by atoms with Gasteiger partial charge in [0.15, 0.2) is 0 Å². The molecule has 0 aromatic heterocycles. The average molecular weight is 154 g/mol. The molecule has 0 aliphatic carbocycles. The van der Waals surface area contributed by atoms with Gasteiger partial charge in [0.25, 0.3) is 0 Å². The van der Waals surface area contributed by atoms with Crippen LogP contribution in [0.25, 0.3) is 0 Å². The molecule has 0 aliphatic rings. The van der Waals surface area contributed by atoms with E-state index in [2.05, 4.69) is 11.4 Å². The largest absolute Gasteiger partial charge is 0.356 e. The lowest BCUT2D eigenvalue weighted by atomic mass is 9.91. The zero-order valence-electron chi connectivity index (χ0n) is 7.27. The number of hydrogen-bond donors (Lipinski definition) is 1. The van der Waals surface area contributed by atoms with E-state index in [1.807, 2.05) is 6.92 Å². The number of nitrogens with zero attached hydrogens (tertiary/aromatic N) is 1. The monoisotopic (exact) mass is 154 g/mol. The summed E-state index contributed by atoms with van der Waals surface area (Å²) in [5.41, 5.74) is -0.542. The summed E-state index contributed by atoms with van der Waals surface area (Å²) in [7, 11) is 0. The molecule has 1 N–H and O–H groups in total. The first-order valence-corrected chi connectivity index (χ1v) is 3.70. The highest BCUT2D eigenvalue weighted by Crippen LogP contribution is 2.17. The van der Waals surface area contributed by atoms with Crippen LogP contribution in [0.1, 0.15) is 27.2 Å². The fourth-order valence-corrected chi connectivity index (χ4v) is 0.701. The molecule has 0 aromatic carbocycles. The van der Waals surface area contributed by atoms with E-state index in [1.54, 1.807) is 13.8 Å². The van der Waals surface area contributed by atoms with E-state index in [4.69, 9.17) is 5.26 Å². The molecule has 0 saturated heterocycles. The zero-order chi connectivity index (χ0) is 8.91. The molecule has 0 radical (unpaired) electrons. The van der Waals surface area contributed by atoms with E-state index in [9.17, 15) is 4.79 Å². The Hall–Kier alpha value is -1.04. The molecule has 0 aromatic rings. The first-order valence-electron chi connectivity index (χ1n) is 3.70. The zero-order valence-corrected chi connectivity index (χ0v) is 7.27. The molecule has 0 saturated carbocycles. The summed E-state index contributed by atoms with van der Waals surface area (Å²) in [6.07, 6.45) is 0.275.